The second-order valence-electron chi connectivity index (χ2n) is 3.79. The highest BCUT2D eigenvalue weighted by atomic mass is 127. The molecule has 0 fully saturated rings. The maximum Gasteiger partial charge on any atom is 0.192 e. The molecule has 100 valence electrons. The van der Waals surface area contributed by atoms with Gasteiger partial charge in [0.2, 0.25) is 0 Å². The van der Waals surface area contributed by atoms with E-state index in [4.69, 9.17) is 0 Å². The van der Waals surface area contributed by atoms with Crippen LogP contribution in [0.3, 0.4) is 0 Å². The minimum absolute atomic E-state index is 0. The van der Waals surface area contributed by atoms with Crippen LogP contribution in [-0.2, 0) is 0 Å². The van der Waals surface area contributed by atoms with Crippen LogP contribution in [0.1, 0.15) is 25.5 Å². The van der Waals surface area contributed by atoms with Crippen LogP contribution < -0.4 is 10.6 Å². The van der Waals surface area contributed by atoms with Gasteiger partial charge < -0.3 is 10.6 Å². The molecule has 0 radical (unpaired) electrons. The number of nitrogens with zero attached hydrogens (tertiary/aromatic N) is 1. The van der Waals surface area contributed by atoms with Crippen molar-refractivity contribution < 1.29 is 0 Å². The molecule has 0 heterocycles. The monoisotopic (exact) mass is 359 g/mol. The predicted molar refractivity (Wildman–Crippen MR) is 89.6 cm³/mol. The van der Waals surface area contributed by atoms with E-state index < -0.39 is 0 Å². The number of hydrogen-bond acceptors (Lipinski definition) is 1. The summed E-state index contributed by atoms with van der Waals surface area (Å²) in [5.74, 6) is 0.823. The first kappa shape index (κ1) is 17.0. The number of aliphatic imine (C=N–C) groups is 1. The van der Waals surface area contributed by atoms with Gasteiger partial charge in [0.15, 0.2) is 5.96 Å². The molecule has 0 aliphatic rings. The predicted octanol–water partition coefficient (Wildman–Crippen LogP) is 3.11. The van der Waals surface area contributed by atoms with Gasteiger partial charge in [-0.05, 0) is 19.4 Å². The van der Waals surface area contributed by atoms with Crippen molar-refractivity contribution in [2.24, 2.45) is 4.99 Å². The fourth-order valence-corrected chi connectivity index (χ4v) is 1.51. The van der Waals surface area contributed by atoms with Crippen molar-refractivity contribution >= 4 is 29.9 Å². The minimum Gasteiger partial charge on any atom is -0.357 e. The SMILES string of the molecule is C=CCN=C(NCC)NC(C)c1ccccc1.I. The smallest absolute Gasteiger partial charge is 0.192 e. The summed E-state index contributed by atoms with van der Waals surface area (Å²) in [5, 5.41) is 6.57. The average molecular weight is 359 g/mol. The Morgan fingerprint density at radius 2 is 2.06 bits per heavy atom. The third-order valence-corrected chi connectivity index (χ3v) is 2.38. The van der Waals surface area contributed by atoms with Gasteiger partial charge in [-0.15, -0.1) is 30.6 Å². The van der Waals surface area contributed by atoms with E-state index in [0.29, 0.717) is 6.54 Å². The molecule has 0 saturated carbocycles. The van der Waals surface area contributed by atoms with E-state index in [2.05, 4.69) is 48.2 Å². The Hall–Kier alpha value is -1.04. The molecular formula is C14H22IN3. The molecule has 4 heteroatoms. The van der Waals surface area contributed by atoms with Gasteiger partial charge in [0.1, 0.15) is 0 Å². The molecule has 3 nitrogen and oxygen atoms in total. The molecule has 0 aliphatic heterocycles. The summed E-state index contributed by atoms with van der Waals surface area (Å²) in [6.07, 6.45) is 1.78. The van der Waals surface area contributed by atoms with Crippen LogP contribution in [0.15, 0.2) is 48.0 Å². The van der Waals surface area contributed by atoms with Crippen LogP contribution in [0.5, 0.6) is 0 Å². The normalized spacial score (nSPS) is 12.2. The quantitative estimate of drug-likeness (QED) is 0.367. The highest BCUT2D eigenvalue weighted by molar-refractivity contribution is 14.0. The van der Waals surface area contributed by atoms with Crippen molar-refractivity contribution in [1.29, 1.82) is 0 Å². The second kappa shape index (κ2) is 9.94. The van der Waals surface area contributed by atoms with Gasteiger partial charge in [-0.3, -0.25) is 0 Å². The largest absolute Gasteiger partial charge is 0.357 e. The Morgan fingerprint density at radius 1 is 1.39 bits per heavy atom. The van der Waals surface area contributed by atoms with Crippen molar-refractivity contribution in [3.05, 3.63) is 48.6 Å². The molecule has 1 aromatic rings. The van der Waals surface area contributed by atoms with E-state index in [0.717, 1.165) is 12.5 Å². The summed E-state index contributed by atoms with van der Waals surface area (Å²) in [7, 11) is 0. The Balaban J connectivity index is 0.00000289. The molecule has 18 heavy (non-hydrogen) atoms. The van der Waals surface area contributed by atoms with Gasteiger partial charge in [0.25, 0.3) is 0 Å². The lowest BCUT2D eigenvalue weighted by atomic mass is 10.1. The fourth-order valence-electron chi connectivity index (χ4n) is 1.51. The summed E-state index contributed by atoms with van der Waals surface area (Å²) in [4.78, 5) is 4.37. The van der Waals surface area contributed by atoms with Gasteiger partial charge in [0.05, 0.1) is 12.6 Å². The van der Waals surface area contributed by atoms with Crippen molar-refractivity contribution in [1.82, 2.24) is 10.6 Å². The van der Waals surface area contributed by atoms with Crippen molar-refractivity contribution in [3.8, 4) is 0 Å². The Bertz CT molecular complexity index is 363. The van der Waals surface area contributed by atoms with E-state index in [1.165, 1.54) is 5.56 Å². The lowest BCUT2D eigenvalue weighted by Crippen LogP contribution is -2.38. The standard InChI is InChI=1S/C14H21N3.HI/c1-4-11-16-14(15-5-2)17-12(3)13-9-7-6-8-10-13;/h4,6-10,12H,1,5,11H2,2-3H3,(H2,15,16,17);1H. The number of rotatable bonds is 5. The van der Waals surface area contributed by atoms with Crippen LogP contribution in [0.2, 0.25) is 0 Å². The van der Waals surface area contributed by atoms with Crippen LogP contribution in [0, 0.1) is 0 Å². The van der Waals surface area contributed by atoms with Gasteiger partial charge in [-0.25, -0.2) is 4.99 Å². The first-order chi connectivity index (χ1) is 8.27. The number of hydrogen-bond donors (Lipinski definition) is 2. The van der Waals surface area contributed by atoms with Gasteiger partial charge in [0, 0.05) is 6.54 Å². The zero-order chi connectivity index (χ0) is 12.5. The fraction of sp³-hybridized carbons (Fsp3) is 0.357. The summed E-state index contributed by atoms with van der Waals surface area (Å²) >= 11 is 0. The third kappa shape index (κ3) is 6.05. The molecule has 0 bridgehead atoms. The summed E-state index contributed by atoms with van der Waals surface area (Å²) in [5.41, 5.74) is 1.25. The topological polar surface area (TPSA) is 36.4 Å². The molecule has 1 atom stereocenters. The highest BCUT2D eigenvalue weighted by Gasteiger charge is 2.06. The van der Waals surface area contributed by atoms with Gasteiger partial charge in [-0.1, -0.05) is 36.4 Å². The zero-order valence-electron chi connectivity index (χ0n) is 11.0. The molecule has 1 rings (SSSR count). The van der Waals surface area contributed by atoms with Crippen molar-refractivity contribution in [2.45, 2.75) is 19.9 Å². The maximum absolute atomic E-state index is 4.37. The lowest BCUT2D eigenvalue weighted by Gasteiger charge is -2.17. The number of nitrogens with one attached hydrogen (secondary N) is 2. The molecule has 0 aliphatic carbocycles. The molecular weight excluding hydrogens is 337 g/mol. The summed E-state index contributed by atoms with van der Waals surface area (Å²) < 4.78 is 0. The summed E-state index contributed by atoms with van der Waals surface area (Å²) in [6, 6.07) is 10.6. The Morgan fingerprint density at radius 3 is 2.61 bits per heavy atom. The van der Waals surface area contributed by atoms with E-state index in [1.807, 2.05) is 18.2 Å². The molecule has 2 N–H and O–H groups in total. The van der Waals surface area contributed by atoms with Gasteiger partial charge >= 0.3 is 0 Å². The van der Waals surface area contributed by atoms with Crippen LogP contribution in [0.4, 0.5) is 0 Å². The van der Waals surface area contributed by atoms with Crippen molar-refractivity contribution in [2.75, 3.05) is 13.1 Å². The summed E-state index contributed by atoms with van der Waals surface area (Å²) in [6.45, 7) is 9.32. The van der Waals surface area contributed by atoms with Crippen molar-refractivity contribution in [3.63, 3.8) is 0 Å². The number of halogens is 1. The average Bonchev–Trinajstić information content (AvgIpc) is 2.37. The van der Waals surface area contributed by atoms with E-state index in [9.17, 15) is 0 Å². The first-order valence-electron chi connectivity index (χ1n) is 5.98. The third-order valence-electron chi connectivity index (χ3n) is 2.38. The van der Waals surface area contributed by atoms with Crippen LogP contribution in [-0.4, -0.2) is 19.0 Å². The van der Waals surface area contributed by atoms with Crippen LogP contribution >= 0.6 is 24.0 Å². The maximum atomic E-state index is 4.37. The molecule has 0 spiro atoms. The molecule has 1 unspecified atom stereocenters. The first-order valence-corrected chi connectivity index (χ1v) is 5.98. The lowest BCUT2D eigenvalue weighted by molar-refractivity contribution is 0.689. The highest BCUT2D eigenvalue weighted by Crippen LogP contribution is 2.10. The second-order valence-corrected chi connectivity index (χ2v) is 3.79. The number of guanidine groups is 1. The Kier molecular flexibility index (Phi) is 9.36. The van der Waals surface area contributed by atoms with E-state index in [-0.39, 0.29) is 30.0 Å². The number of benzene rings is 1. The zero-order valence-corrected chi connectivity index (χ0v) is 13.3. The molecule has 1 aromatic carbocycles. The molecule has 0 saturated heterocycles. The minimum atomic E-state index is 0. The van der Waals surface area contributed by atoms with Gasteiger partial charge in [-0.2, -0.15) is 0 Å². The van der Waals surface area contributed by atoms with E-state index >= 15 is 0 Å². The molecule has 0 aromatic heterocycles. The van der Waals surface area contributed by atoms with E-state index in [1.54, 1.807) is 6.08 Å². The molecule has 0 amide bonds. The Labute approximate surface area is 127 Å². The van der Waals surface area contributed by atoms with Crippen LogP contribution in [0.25, 0.3) is 0 Å².